The molecule has 0 aliphatic rings. The zero-order valence-corrected chi connectivity index (χ0v) is 11.3. The third kappa shape index (κ3) is 3.56. The molecule has 2 aromatic heterocycles. The van der Waals surface area contributed by atoms with Gasteiger partial charge in [-0.1, -0.05) is 0 Å². The van der Waals surface area contributed by atoms with Crippen molar-refractivity contribution in [3.8, 4) is 11.5 Å². The molecule has 2 rings (SSSR count). The van der Waals surface area contributed by atoms with Crippen LogP contribution in [0.1, 0.15) is 11.4 Å². The summed E-state index contributed by atoms with van der Waals surface area (Å²) in [6, 6.07) is 1.98. The van der Waals surface area contributed by atoms with Gasteiger partial charge >= 0.3 is 0 Å². The van der Waals surface area contributed by atoms with Crippen molar-refractivity contribution in [3.05, 3.63) is 28.3 Å². The number of rotatable bonds is 6. The second-order valence-corrected chi connectivity index (χ2v) is 4.59. The fraction of sp³-hybridized carbons (Fsp3) is 0.417. The molecule has 0 atom stereocenters. The highest BCUT2D eigenvalue weighted by molar-refractivity contribution is 7.07. The molecule has 0 aromatic carbocycles. The van der Waals surface area contributed by atoms with Crippen LogP contribution in [0.4, 0.5) is 0 Å². The van der Waals surface area contributed by atoms with Crippen LogP contribution >= 0.6 is 11.3 Å². The van der Waals surface area contributed by atoms with Gasteiger partial charge in [-0.2, -0.15) is 0 Å². The van der Waals surface area contributed by atoms with Gasteiger partial charge in [-0.05, 0) is 13.0 Å². The molecule has 96 valence electrons. The predicted molar refractivity (Wildman–Crippen MR) is 71.5 cm³/mol. The monoisotopic (exact) mass is 264 g/mol. The van der Waals surface area contributed by atoms with E-state index in [4.69, 9.17) is 4.74 Å². The van der Waals surface area contributed by atoms with E-state index in [1.54, 1.807) is 24.0 Å². The molecule has 0 radical (unpaired) electrons. The van der Waals surface area contributed by atoms with Gasteiger partial charge in [-0.15, -0.1) is 11.3 Å². The fourth-order valence-corrected chi connectivity index (χ4v) is 2.08. The maximum absolute atomic E-state index is 4.98. The van der Waals surface area contributed by atoms with Crippen LogP contribution < -0.4 is 5.32 Å². The summed E-state index contributed by atoms with van der Waals surface area (Å²) in [5, 5.41) is 5.22. The third-order valence-electron chi connectivity index (χ3n) is 2.36. The molecule has 2 heterocycles. The largest absolute Gasteiger partial charge is 0.383 e. The minimum atomic E-state index is 0.694. The zero-order valence-electron chi connectivity index (χ0n) is 10.5. The Balaban J connectivity index is 2.07. The van der Waals surface area contributed by atoms with Gasteiger partial charge in [0.05, 0.1) is 17.8 Å². The number of hydrogen-bond donors (Lipinski definition) is 1. The Kier molecular flexibility index (Phi) is 4.74. The molecule has 0 saturated carbocycles. The van der Waals surface area contributed by atoms with Crippen LogP contribution in [0, 0.1) is 6.92 Å². The average molecular weight is 264 g/mol. The molecule has 0 saturated heterocycles. The molecule has 0 unspecified atom stereocenters. The van der Waals surface area contributed by atoms with Crippen LogP contribution in [0.3, 0.4) is 0 Å². The van der Waals surface area contributed by atoms with Crippen LogP contribution in [-0.4, -0.2) is 35.2 Å². The van der Waals surface area contributed by atoms with Crippen molar-refractivity contribution in [2.45, 2.75) is 13.5 Å². The summed E-state index contributed by atoms with van der Waals surface area (Å²) in [6.07, 6.45) is 0. The molecule has 5 nitrogen and oxygen atoms in total. The summed E-state index contributed by atoms with van der Waals surface area (Å²) >= 11 is 1.55. The van der Waals surface area contributed by atoms with Gasteiger partial charge in [0.2, 0.25) is 0 Å². The first-order valence-corrected chi connectivity index (χ1v) is 6.66. The van der Waals surface area contributed by atoms with Crippen molar-refractivity contribution in [3.63, 3.8) is 0 Å². The first-order valence-electron chi connectivity index (χ1n) is 5.72. The number of aromatic nitrogens is 3. The van der Waals surface area contributed by atoms with Gasteiger partial charge in [0.15, 0.2) is 5.82 Å². The molecule has 0 spiro atoms. The third-order valence-corrected chi connectivity index (χ3v) is 2.94. The standard InChI is InChI=1S/C12H16N4OS/c1-9-5-10(6-13-3-4-17-2)16-12(15-9)11-7-18-8-14-11/h5,7-8,13H,3-4,6H2,1-2H3. The summed E-state index contributed by atoms with van der Waals surface area (Å²) in [7, 11) is 1.69. The second-order valence-electron chi connectivity index (χ2n) is 3.87. The highest BCUT2D eigenvalue weighted by atomic mass is 32.1. The van der Waals surface area contributed by atoms with E-state index in [0.29, 0.717) is 19.0 Å². The zero-order chi connectivity index (χ0) is 12.8. The molecule has 1 N–H and O–H groups in total. The normalized spacial score (nSPS) is 10.8. The summed E-state index contributed by atoms with van der Waals surface area (Å²) in [4.78, 5) is 13.1. The molecule has 0 amide bonds. The summed E-state index contributed by atoms with van der Waals surface area (Å²) in [5.41, 5.74) is 4.55. The van der Waals surface area contributed by atoms with Crippen LogP contribution in [0.5, 0.6) is 0 Å². The summed E-state index contributed by atoms with van der Waals surface area (Å²) in [5.74, 6) is 0.694. The number of methoxy groups -OCH3 is 1. The SMILES string of the molecule is COCCNCc1cc(C)nc(-c2cscn2)n1. The minimum absolute atomic E-state index is 0.694. The Bertz CT molecular complexity index is 487. The lowest BCUT2D eigenvalue weighted by molar-refractivity contribution is 0.199. The van der Waals surface area contributed by atoms with Gasteiger partial charge in [0, 0.05) is 31.3 Å². The van der Waals surface area contributed by atoms with Gasteiger partial charge in [-0.25, -0.2) is 15.0 Å². The van der Waals surface area contributed by atoms with Crippen molar-refractivity contribution in [2.75, 3.05) is 20.3 Å². The van der Waals surface area contributed by atoms with Crippen molar-refractivity contribution < 1.29 is 4.74 Å². The van der Waals surface area contributed by atoms with Crippen LogP contribution in [0.25, 0.3) is 11.5 Å². The smallest absolute Gasteiger partial charge is 0.179 e. The van der Waals surface area contributed by atoms with Crippen molar-refractivity contribution >= 4 is 11.3 Å². The molecule has 0 bridgehead atoms. The Labute approximate surface area is 110 Å². The fourth-order valence-electron chi connectivity index (χ4n) is 1.55. The van der Waals surface area contributed by atoms with Crippen molar-refractivity contribution in [1.82, 2.24) is 20.3 Å². The van der Waals surface area contributed by atoms with Crippen molar-refractivity contribution in [2.24, 2.45) is 0 Å². The molecular weight excluding hydrogens is 248 g/mol. The van der Waals surface area contributed by atoms with E-state index >= 15 is 0 Å². The topological polar surface area (TPSA) is 59.9 Å². The Morgan fingerprint density at radius 1 is 1.39 bits per heavy atom. The van der Waals surface area contributed by atoms with Crippen LogP contribution in [0.2, 0.25) is 0 Å². The van der Waals surface area contributed by atoms with Gasteiger partial charge < -0.3 is 10.1 Å². The first kappa shape index (κ1) is 13.1. The Morgan fingerprint density at radius 2 is 2.28 bits per heavy atom. The summed E-state index contributed by atoms with van der Waals surface area (Å²) < 4.78 is 4.98. The number of aryl methyl sites for hydroxylation is 1. The summed E-state index contributed by atoms with van der Waals surface area (Å²) in [6.45, 7) is 4.19. The Hall–Kier alpha value is -1.37. The average Bonchev–Trinajstić information content (AvgIpc) is 2.88. The molecule has 6 heteroatoms. The minimum Gasteiger partial charge on any atom is -0.383 e. The maximum atomic E-state index is 4.98. The predicted octanol–water partition coefficient (Wildman–Crippen LogP) is 1.64. The molecule has 0 aliphatic heterocycles. The van der Waals surface area contributed by atoms with E-state index in [9.17, 15) is 0 Å². The first-order chi connectivity index (χ1) is 8.79. The maximum Gasteiger partial charge on any atom is 0.179 e. The molecule has 0 aliphatic carbocycles. The number of ether oxygens (including phenoxy) is 1. The molecular formula is C12H16N4OS. The molecule has 0 fully saturated rings. The Morgan fingerprint density at radius 3 is 3.00 bits per heavy atom. The van der Waals surface area contributed by atoms with Gasteiger partial charge in [0.1, 0.15) is 5.69 Å². The highest BCUT2D eigenvalue weighted by Crippen LogP contribution is 2.15. The highest BCUT2D eigenvalue weighted by Gasteiger charge is 2.06. The number of thiazole rings is 1. The lowest BCUT2D eigenvalue weighted by Crippen LogP contribution is -2.19. The lowest BCUT2D eigenvalue weighted by Gasteiger charge is -2.06. The van der Waals surface area contributed by atoms with E-state index in [0.717, 1.165) is 23.6 Å². The number of hydrogen-bond acceptors (Lipinski definition) is 6. The molecule has 2 aromatic rings. The quantitative estimate of drug-likeness (QED) is 0.804. The van der Waals surface area contributed by atoms with Gasteiger partial charge in [0.25, 0.3) is 0 Å². The van der Waals surface area contributed by atoms with Crippen LogP contribution in [-0.2, 0) is 11.3 Å². The second kappa shape index (κ2) is 6.53. The van der Waals surface area contributed by atoms with Gasteiger partial charge in [-0.3, -0.25) is 0 Å². The van der Waals surface area contributed by atoms with E-state index in [1.165, 1.54) is 0 Å². The van der Waals surface area contributed by atoms with E-state index in [1.807, 2.05) is 18.4 Å². The van der Waals surface area contributed by atoms with Crippen molar-refractivity contribution in [1.29, 1.82) is 0 Å². The lowest BCUT2D eigenvalue weighted by atomic mass is 10.3. The van der Waals surface area contributed by atoms with E-state index < -0.39 is 0 Å². The van der Waals surface area contributed by atoms with Crippen LogP contribution in [0.15, 0.2) is 17.0 Å². The van der Waals surface area contributed by atoms with E-state index in [-0.39, 0.29) is 0 Å². The van der Waals surface area contributed by atoms with E-state index in [2.05, 4.69) is 20.3 Å². The molecule has 18 heavy (non-hydrogen) atoms. The number of nitrogens with zero attached hydrogens (tertiary/aromatic N) is 3. The number of nitrogens with one attached hydrogen (secondary N) is 1.